The van der Waals surface area contributed by atoms with E-state index < -0.39 is 5.97 Å². The number of carbonyl (C=O) groups is 2. The lowest BCUT2D eigenvalue weighted by atomic mass is 10.1. The second-order valence-electron chi connectivity index (χ2n) is 4.67. The fraction of sp³-hybridized carbons (Fsp3) is 0.214. The maximum Gasteiger partial charge on any atom is 0.335 e. The number of rotatable bonds is 4. The number of nitrogens with zero attached hydrogens (tertiary/aromatic N) is 3. The molecule has 0 aliphatic carbocycles. The molecule has 2 aromatic rings. The van der Waals surface area contributed by atoms with Gasteiger partial charge >= 0.3 is 5.97 Å². The number of amides is 1. The summed E-state index contributed by atoms with van der Waals surface area (Å²) in [6, 6.07) is 4.81. The van der Waals surface area contributed by atoms with Crippen LogP contribution < -0.4 is 4.90 Å². The maximum atomic E-state index is 12.0. The fourth-order valence-corrected chi connectivity index (χ4v) is 2.40. The van der Waals surface area contributed by atoms with Gasteiger partial charge in [-0.15, -0.1) is 0 Å². The average molecular weight is 271 g/mol. The molecule has 0 atom stereocenters. The van der Waals surface area contributed by atoms with Gasteiger partial charge in [0.1, 0.15) is 0 Å². The van der Waals surface area contributed by atoms with Crippen molar-refractivity contribution in [3.8, 4) is 0 Å². The van der Waals surface area contributed by atoms with Crippen molar-refractivity contribution in [3.63, 3.8) is 0 Å². The van der Waals surface area contributed by atoms with Gasteiger partial charge in [-0.1, -0.05) is 0 Å². The van der Waals surface area contributed by atoms with Crippen molar-refractivity contribution < 1.29 is 14.7 Å². The molecular weight excluding hydrogens is 258 g/mol. The highest BCUT2D eigenvalue weighted by Gasteiger charge is 2.27. The summed E-state index contributed by atoms with van der Waals surface area (Å²) in [5.41, 5.74) is 1.80. The van der Waals surface area contributed by atoms with Crippen LogP contribution in [0.2, 0.25) is 0 Å². The molecule has 1 aliphatic heterocycles. The highest BCUT2D eigenvalue weighted by molar-refractivity contribution is 6.02. The van der Waals surface area contributed by atoms with Crippen LogP contribution in [-0.2, 0) is 17.8 Å². The van der Waals surface area contributed by atoms with Crippen molar-refractivity contribution in [2.75, 3.05) is 11.4 Å². The predicted molar refractivity (Wildman–Crippen MR) is 71.7 cm³/mol. The molecule has 0 saturated heterocycles. The third-order valence-electron chi connectivity index (χ3n) is 3.40. The number of carboxylic acids is 1. The Balaban J connectivity index is 1.81. The summed E-state index contributed by atoms with van der Waals surface area (Å²) < 4.78 is 1.90. The van der Waals surface area contributed by atoms with Gasteiger partial charge in [0.15, 0.2) is 0 Å². The van der Waals surface area contributed by atoms with Gasteiger partial charge in [0.25, 0.3) is 0 Å². The molecule has 3 rings (SSSR count). The number of aromatic carboxylic acids is 1. The normalized spacial score (nSPS) is 13.6. The zero-order valence-corrected chi connectivity index (χ0v) is 10.7. The molecule has 0 fully saturated rings. The van der Waals surface area contributed by atoms with Crippen molar-refractivity contribution in [2.24, 2.45) is 0 Å². The van der Waals surface area contributed by atoms with E-state index in [0.29, 0.717) is 13.1 Å². The summed E-state index contributed by atoms with van der Waals surface area (Å²) >= 11 is 0. The first-order chi connectivity index (χ1) is 9.65. The third-order valence-corrected chi connectivity index (χ3v) is 3.40. The summed E-state index contributed by atoms with van der Waals surface area (Å²) in [7, 11) is 0. The molecule has 102 valence electrons. The minimum atomic E-state index is -0.975. The monoisotopic (exact) mass is 271 g/mol. The molecule has 0 unspecified atom stereocenters. The van der Waals surface area contributed by atoms with Gasteiger partial charge in [-0.3, -0.25) is 4.79 Å². The summed E-state index contributed by atoms with van der Waals surface area (Å²) in [5.74, 6) is -0.972. The van der Waals surface area contributed by atoms with E-state index in [1.165, 1.54) is 6.07 Å². The maximum absolute atomic E-state index is 12.0. The van der Waals surface area contributed by atoms with Crippen molar-refractivity contribution in [2.45, 2.75) is 13.0 Å². The topological polar surface area (TPSA) is 75.4 Å². The number of imidazole rings is 1. The quantitative estimate of drug-likeness (QED) is 0.905. The summed E-state index contributed by atoms with van der Waals surface area (Å²) in [4.78, 5) is 28.6. The molecule has 1 aromatic carbocycles. The molecule has 0 bridgehead atoms. The largest absolute Gasteiger partial charge is 0.478 e. The van der Waals surface area contributed by atoms with Gasteiger partial charge in [0, 0.05) is 31.2 Å². The van der Waals surface area contributed by atoms with Gasteiger partial charge in [0.05, 0.1) is 18.3 Å². The molecule has 6 heteroatoms. The zero-order valence-electron chi connectivity index (χ0n) is 10.7. The second-order valence-corrected chi connectivity index (χ2v) is 4.67. The van der Waals surface area contributed by atoms with Crippen LogP contribution in [0.1, 0.15) is 15.9 Å². The lowest BCUT2D eigenvalue weighted by molar-refractivity contribution is -0.117. The van der Waals surface area contributed by atoms with Crippen molar-refractivity contribution >= 4 is 17.6 Å². The SMILES string of the molecule is O=C(O)c1ccc2c(c1)CC(=O)N2CCn1ccnc1. The van der Waals surface area contributed by atoms with E-state index in [1.54, 1.807) is 29.6 Å². The van der Waals surface area contributed by atoms with Crippen molar-refractivity contribution in [1.82, 2.24) is 9.55 Å². The van der Waals surface area contributed by atoms with Crippen molar-refractivity contribution in [1.29, 1.82) is 0 Å². The smallest absolute Gasteiger partial charge is 0.335 e. The van der Waals surface area contributed by atoms with E-state index in [0.717, 1.165) is 11.3 Å². The van der Waals surface area contributed by atoms with Crippen LogP contribution in [0.4, 0.5) is 5.69 Å². The Labute approximate surface area is 115 Å². The summed E-state index contributed by atoms with van der Waals surface area (Å²) in [6.07, 6.45) is 5.50. The fourth-order valence-electron chi connectivity index (χ4n) is 2.40. The minimum absolute atomic E-state index is 0.00246. The molecule has 1 N–H and O–H groups in total. The Hall–Kier alpha value is -2.63. The van der Waals surface area contributed by atoms with Gasteiger partial charge in [0.2, 0.25) is 5.91 Å². The Morgan fingerprint density at radius 1 is 1.35 bits per heavy atom. The van der Waals surface area contributed by atoms with Crippen LogP contribution in [0.15, 0.2) is 36.9 Å². The molecule has 0 radical (unpaired) electrons. The molecular formula is C14H13N3O3. The van der Waals surface area contributed by atoms with Crippen LogP contribution in [0.25, 0.3) is 0 Å². The van der Waals surface area contributed by atoms with E-state index >= 15 is 0 Å². The number of anilines is 1. The summed E-state index contributed by atoms with van der Waals surface area (Å²) in [5, 5.41) is 8.97. The zero-order chi connectivity index (χ0) is 14.1. The second kappa shape index (κ2) is 4.80. The highest BCUT2D eigenvalue weighted by Crippen LogP contribution is 2.29. The lowest BCUT2D eigenvalue weighted by Crippen LogP contribution is -2.30. The number of benzene rings is 1. The molecule has 20 heavy (non-hydrogen) atoms. The van der Waals surface area contributed by atoms with Crippen LogP contribution in [0.5, 0.6) is 0 Å². The number of aromatic nitrogens is 2. The Bertz CT molecular complexity index is 664. The van der Waals surface area contributed by atoms with Gasteiger partial charge in [-0.25, -0.2) is 9.78 Å². The Morgan fingerprint density at radius 3 is 2.90 bits per heavy atom. The van der Waals surface area contributed by atoms with Crippen LogP contribution >= 0.6 is 0 Å². The molecule has 0 saturated carbocycles. The van der Waals surface area contributed by atoms with Gasteiger partial charge < -0.3 is 14.6 Å². The molecule has 1 amide bonds. The minimum Gasteiger partial charge on any atom is -0.478 e. The van der Waals surface area contributed by atoms with Gasteiger partial charge in [-0.05, 0) is 23.8 Å². The molecule has 1 aromatic heterocycles. The first-order valence-electron chi connectivity index (χ1n) is 6.27. The van der Waals surface area contributed by atoms with Gasteiger partial charge in [-0.2, -0.15) is 0 Å². The Morgan fingerprint density at radius 2 is 2.20 bits per heavy atom. The lowest BCUT2D eigenvalue weighted by Gasteiger charge is -2.17. The van der Waals surface area contributed by atoms with Crippen LogP contribution in [0, 0.1) is 0 Å². The first kappa shape index (κ1) is 12.4. The van der Waals surface area contributed by atoms with E-state index in [9.17, 15) is 9.59 Å². The molecule has 0 spiro atoms. The van der Waals surface area contributed by atoms with E-state index in [4.69, 9.17) is 5.11 Å². The molecule has 2 heterocycles. The molecule has 1 aliphatic rings. The van der Waals surface area contributed by atoms with Crippen LogP contribution in [0.3, 0.4) is 0 Å². The predicted octanol–water partition coefficient (Wildman–Crippen LogP) is 1.17. The van der Waals surface area contributed by atoms with E-state index in [1.807, 2.05) is 10.8 Å². The number of hydrogen-bond donors (Lipinski definition) is 1. The number of carbonyl (C=O) groups excluding carboxylic acids is 1. The average Bonchev–Trinajstić information content (AvgIpc) is 3.02. The Kier molecular flexibility index (Phi) is 2.98. The summed E-state index contributed by atoms with van der Waals surface area (Å²) in [6.45, 7) is 1.21. The number of carboxylic acid groups (broad SMARTS) is 1. The molecule has 6 nitrogen and oxygen atoms in total. The van der Waals surface area contributed by atoms with Crippen molar-refractivity contribution in [3.05, 3.63) is 48.0 Å². The number of hydrogen-bond acceptors (Lipinski definition) is 3. The van der Waals surface area contributed by atoms with E-state index in [2.05, 4.69) is 4.98 Å². The number of fused-ring (bicyclic) bond motifs is 1. The standard InChI is InChI=1S/C14H13N3O3/c18-13-8-11-7-10(14(19)20)1-2-12(11)17(13)6-5-16-4-3-15-9-16/h1-4,7,9H,5-6,8H2,(H,19,20). The van der Waals surface area contributed by atoms with Crippen LogP contribution in [-0.4, -0.2) is 33.1 Å². The van der Waals surface area contributed by atoms with E-state index in [-0.39, 0.29) is 17.9 Å². The first-order valence-corrected chi connectivity index (χ1v) is 6.27. The highest BCUT2D eigenvalue weighted by atomic mass is 16.4. The third kappa shape index (κ3) is 2.16.